The molecule has 29 heavy (non-hydrogen) atoms. The zero-order valence-electron chi connectivity index (χ0n) is 17.7. The van der Waals surface area contributed by atoms with E-state index in [4.69, 9.17) is 4.74 Å². The molecular weight excluding hydrogens is 368 g/mol. The summed E-state index contributed by atoms with van der Waals surface area (Å²) in [5.41, 5.74) is 0. The van der Waals surface area contributed by atoms with Crippen LogP contribution >= 0.6 is 0 Å². The van der Waals surface area contributed by atoms with Gasteiger partial charge in [0.05, 0.1) is 6.42 Å². The van der Waals surface area contributed by atoms with Crippen molar-refractivity contribution in [2.24, 2.45) is 23.7 Å². The largest absolute Gasteiger partial charge is 0.393 e. The van der Waals surface area contributed by atoms with Gasteiger partial charge in [-0.25, -0.2) is 0 Å². The predicted octanol–water partition coefficient (Wildman–Crippen LogP) is 4.74. The van der Waals surface area contributed by atoms with Crippen LogP contribution in [0, 0.1) is 23.7 Å². The summed E-state index contributed by atoms with van der Waals surface area (Å²) in [5, 5.41) is 0. The van der Waals surface area contributed by atoms with Crippen LogP contribution in [0.2, 0.25) is 0 Å². The third-order valence-corrected chi connectivity index (χ3v) is 6.16. The standard InChI is InChI=1S/C24H34O5/c1-3-5-7-9-17-11-13-22(26)20(17)16-24(28)29-23(27)15-18-12-14-21(25)19(18)10-8-6-4-2/h5-8,17-20H,3-4,9-16H2,1-2H3/b7-5+,8-6+. The van der Waals surface area contributed by atoms with Crippen LogP contribution in [0.5, 0.6) is 0 Å². The first-order chi connectivity index (χ1) is 14.0. The Hall–Kier alpha value is -2.04. The van der Waals surface area contributed by atoms with Gasteiger partial charge in [0.2, 0.25) is 0 Å². The van der Waals surface area contributed by atoms with Gasteiger partial charge in [0.15, 0.2) is 0 Å². The number of ether oxygens (including phenoxy) is 1. The van der Waals surface area contributed by atoms with Gasteiger partial charge in [-0.1, -0.05) is 38.2 Å². The molecule has 0 aromatic heterocycles. The molecule has 0 aromatic carbocycles. The summed E-state index contributed by atoms with van der Waals surface area (Å²) in [6.45, 7) is 4.09. The minimum absolute atomic E-state index is 0.0263. The second-order valence-corrected chi connectivity index (χ2v) is 8.23. The van der Waals surface area contributed by atoms with Crippen molar-refractivity contribution in [2.75, 3.05) is 0 Å². The van der Waals surface area contributed by atoms with Gasteiger partial charge in [0, 0.05) is 31.1 Å². The van der Waals surface area contributed by atoms with E-state index in [0.29, 0.717) is 25.7 Å². The Kier molecular flexibility index (Phi) is 9.49. The topological polar surface area (TPSA) is 77.5 Å². The fourth-order valence-corrected chi connectivity index (χ4v) is 4.54. The van der Waals surface area contributed by atoms with E-state index in [-0.39, 0.29) is 48.1 Å². The molecular formula is C24H34O5. The van der Waals surface area contributed by atoms with E-state index in [9.17, 15) is 19.2 Å². The van der Waals surface area contributed by atoms with E-state index >= 15 is 0 Å². The maximum atomic E-state index is 12.3. The minimum atomic E-state index is -0.619. The van der Waals surface area contributed by atoms with Crippen molar-refractivity contribution in [2.45, 2.75) is 78.1 Å². The first-order valence-corrected chi connectivity index (χ1v) is 11.0. The lowest BCUT2D eigenvalue weighted by Crippen LogP contribution is -2.24. The second-order valence-electron chi connectivity index (χ2n) is 8.23. The highest BCUT2D eigenvalue weighted by atomic mass is 16.6. The molecule has 2 aliphatic carbocycles. The Labute approximate surface area is 174 Å². The number of allylic oxidation sites excluding steroid dienone is 4. The lowest BCUT2D eigenvalue weighted by atomic mass is 9.89. The molecule has 5 heteroatoms. The van der Waals surface area contributed by atoms with Gasteiger partial charge < -0.3 is 4.74 Å². The first kappa shape index (κ1) is 23.2. The molecule has 0 radical (unpaired) electrons. The number of carbonyl (C=O) groups excluding carboxylic acids is 4. The highest BCUT2D eigenvalue weighted by Gasteiger charge is 2.38. The molecule has 5 nitrogen and oxygen atoms in total. The van der Waals surface area contributed by atoms with Crippen molar-refractivity contribution in [3.05, 3.63) is 24.3 Å². The number of Topliss-reactive ketones (excluding diaryl/α,β-unsaturated/α-hetero) is 2. The molecule has 2 aliphatic rings. The second kappa shape index (κ2) is 11.8. The lowest BCUT2D eigenvalue weighted by Gasteiger charge is -2.17. The minimum Gasteiger partial charge on any atom is -0.393 e. The molecule has 4 atom stereocenters. The third-order valence-electron chi connectivity index (χ3n) is 6.16. The monoisotopic (exact) mass is 402 g/mol. The van der Waals surface area contributed by atoms with Gasteiger partial charge in [0.1, 0.15) is 11.6 Å². The van der Waals surface area contributed by atoms with Crippen LogP contribution in [0.3, 0.4) is 0 Å². The van der Waals surface area contributed by atoms with Crippen molar-refractivity contribution >= 4 is 23.5 Å². The van der Waals surface area contributed by atoms with Crippen LogP contribution in [0.1, 0.15) is 78.1 Å². The summed E-state index contributed by atoms with van der Waals surface area (Å²) in [6, 6.07) is 0. The van der Waals surface area contributed by atoms with E-state index in [1.165, 1.54) is 0 Å². The number of hydrogen-bond acceptors (Lipinski definition) is 5. The molecule has 0 spiro atoms. The average Bonchev–Trinajstić information content (AvgIpc) is 3.19. The van der Waals surface area contributed by atoms with Crippen LogP contribution in [-0.4, -0.2) is 23.5 Å². The Morgan fingerprint density at radius 1 is 0.793 bits per heavy atom. The molecule has 0 heterocycles. The Morgan fingerprint density at radius 2 is 1.34 bits per heavy atom. The van der Waals surface area contributed by atoms with Crippen LogP contribution in [0.25, 0.3) is 0 Å². The van der Waals surface area contributed by atoms with E-state index in [1.54, 1.807) is 0 Å². The van der Waals surface area contributed by atoms with E-state index in [2.05, 4.69) is 19.1 Å². The number of carbonyl (C=O) groups is 4. The highest BCUT2D eigenvalue weighted by molar-refractivity contribution is 5.91. The summed E-state index contributed by atoms with van der Waals surface area (Å²) in [7, 11) is 0. The molecule has 0 N–H and O–H groups in total. The van der Waals surface area contributed by atoms with Crippen molar-refractivity contribution in [1.29, 1.82) is 0 Å². The molecule has 0 bridgehead atoms. The van der Waals surface area contributed by atoms with Crippen LogP contribution < -0.4 is 0 Å². The highest BCUT2D eigenvalue weighted by Crippen LogP contribution is 2.36. The van der Waals surface area contributed by atoms with Crippen molar-refractivity contribution in [1.82, 2.24) is 0 Å². The SMILES string of the molecule is CC/C=C/CC1CCC(=O)C1CC(=O)OC(=O)CC1CCC(=O)C1C/C=C/CC. The number of rotatable bonds is 10. The lowest BCUT2D eigenvalue weighted by molar-refractivity contribution is -0.161. The van der Waals surface area contributed by atoms with Gasteiger partial charge in [0.25, 0.3) is 0 Å². The summed E-state index contributed by atoms with van der Waals surface area (Å²) >= 11 is 0. The number of ketones is 2. The molecule has 160 valence electrons. The Bertz CT molecular complexity index is 660. The molecule has 4 unspecified atom stereocenters. The summed E-state index contributed by atoms with van der Waals surface area (Å²) in [5.74, 6) is -1.34. The molecule has 2 fully saturated rings. The molecule has 0 saturated heterocycles. The van der Waals surface area contributed by atoms with Gasteiger partial charge in [-0.15, -0.1) is 0 Å². The van der Waals surface area contributed by atoms with Crippen molar-refractivity contribution in [3.8, 4) is 0 Å². The normalized spacial score (nSPS) is 27.4. The van der Waals surface area contributed by atoms with Gasteiger partial charge in [-0.2, -0.15) is 0 Å². The first-order valence-electron chi connectivity index (χ1n) is 11.0. The van der Waals surface area contributed by atoms with Crippen LogP contribution in [0.4, 0.5) is 0 Å². The molecule has 2 saturated carbocycles. The van der Waals surface area contributed by atoms with Crippen LogP contribution in [-0.2, 0) is 23.9 Å². The Morgan fingerprint density at radius 3 is 2.00 bits per heavy atom. The van der Waals surface area contributed by atoms with Gasteiger partial charge in [-0.3, -0.25) is 19.2 Å². The Balaban J connectivity index is 1.84. The summed E-state index contributed by atoms with van der Waals surface area (Å²) in [6.07, 6.45) is 13.9. The number of esters is 2. The van der Waals surface area contributed by atoms with Crippen molar-refractivity contribution in [3.63, 3.8) is 0 Å². The maximum absolute atomic E-state index is 12.3. The fourth-order valence-electron chi connectivity index (χ4n) is 4.54. The molecule has 0 amide bonds. The molecule has 0 aliphatic heterocycles. The summed E-state index contributed by atoms with van der Waals surface area (Å²) in [4.78, 5) is 48.8. The molecule has 2 rings (SSSR count). The zero-order valence-corrected chi connectivity index (χ0v) is 17.7. The van der Waals surface area contributed by atoms with E-state index in [1.807, 2.05) is 19.1 Å². The molecule has 0 aromatic rings. The fraction of sp³-hybridized carbons (Fsp3) is 0.667. The number of hydrogen-bond donors (Lipinski definition) is 0. The maximum Gasteiger partial charge on any atom is 0.314 e. The van der Waals surface area contributed by atoms with Crippen molar-refractivity contribution < 1.29 is 23.9 Å². The van der Waals surface area contributed by atoms with Crippen LogP contribution in [0.15, 0.2) is 24.3 Å². The smallest absolute Gasteiger partial charge is 0.314 e. The quantitative estimate of drug-likeness (QED) is 0.300. The zero-order chi connectivity index (χ0) is 21.2. The van der Waals surface area contributed by atoms with E-state index in [0.717, 1.165) is 25.7 Å². The van der Waals surface area contributed by atoms with Gasteiger partial charge >= 0.3 is 11.9 Å². The predicted molar refractivity (Wildman–Crippen MR) is 111 cm³/mol. The third kappa shape index (κ3) is 7.06. The summed E-state index contributed by atoms with van der Waals surface area (Å²) < 4.78 is 5.03. The van der Waals surface area contributed by atoms with Gasteiger partial charge in [-0.05, 0) is 50.4 Å². The van der Waals surface area contributed by atoms with E-state index < -0.39 is 11.9 Å². The average molecular weight is 403 g/mol.